The third-order valence-electron chi connectivity index (χ3n) is 4.18. The van der Waals surface area contributed by atoms with E-state index in [1.807, 2.05) is 12.1 Å². The van der Waals surface area contributed by atoms with Crippen LogP contribution in [0.25, 0.3) is 0 Å². The van der Waals surface area contributed by atoms with Gasteiger partial charge in [-0.05, 0) is 48.6 Å². The third kappa shape index (κ3) is 7.47. The van der Waals surface area contributed by atoms with Gasteiger partial charge in [-0.2, -0.15) is 0 Å². The van der Waals surface area contributed by atoms with Crippen LogP contribution in [0.3, 0.4) is 0 Å². The maximum absolute atomic E-state index is 9.99. The standard InChI is InChI=1S/C19H24O2Si.C3H6O2/c1-13-7-6-8-18(14(13)2)22-12-21-15-9-10-17(20)16(11-15)19(3,4)5;1-2-3(4)5/h6-11,20H,12H2,1-5H3;2H2,1H3,(H,4,5). The van der Waals surface area contributed by atoms with Gasteiger partial charge in [0.05, 0.1) is 6.23 Å². The van der Waals surface area contributed by atoms with E-state index in [0.29, 0.717) is 21.5 Å². The van der Waals surface area contributed by atoms with Gasteiger partial charge in [0.25, 0.3) is 0 Å². The van der Waals surface area contributed by atoms with E-state index in [1.165, 1.54) is 16.3 Å². The lowest BCUT2D eigenvalue weighted by Gasteiger charge is -2.21. The van der Waals surface area contributed by atoms with E-state index in [2.05, 4.69) is 52.8 Å². The summed E-state index contributed by atoms with van der Waals surface area (Å²) in [6, 6.07) is 11.9. The van der Waals surface area contributed by atoms with E-state index in [1.54, 1.807) is 13.0 Å². The molecule has 0 amide bonds. The number of carboxylic acid groups (broad SMARTS) is 1. The van der Waals surface area contributed by atoms with Crippen LogP contribution < -0.4 is 9.92 Å². The second kappa shape index (κ2) is 10.2. The number of phenolic OH excluding ortho intramolecular Hbond substituents is 1. The first-order valence-electron chi connectivity index (χ1n) is 9.04. The summed E-state index contributed by atoms with van der Waals surface area (Å²) < 4.78 is 5.90. The van der Waals surface area contributed by atoms with E-state index >= 15 is 0 Å². The summed E-state index contributed by atoms with van der Waals surface area (Å²) in [5.41, 5.74) is 3.49. The van der Waals surface area contributed by atoms with Gasteiger partial charge >= 0.3 is 5.97 Å². The van der Waals surface area contributed by atoms with Crippen LogP contribution in [0, 0.1) is 13.8 Å². The maximum Gasteiger partial charge on any atom is 0.303 e. The van der Waals surface area contributed by atoms with Gasteiger partial charge in [-0.1, -0.05) is 51.1 Å². The molecule has 2 rings (SSSR count). The summed E-state index contributed by atoms with van der Waals surface area (Å²) >= 11 is 0. The van der Waals surface area contributed by atoms with Gasteiger partial charge in [0.15, 0.2) is 0 Å². The Morgan fingerprint density at radius 1 is 1.15 bits per heavy atom. The normalized spacial score (nSPS) is 10.7. The number of ether oxygens (including phenoxy) is 1. The van der Waals surface area contributed by atoms with Gasteiger partial charge in [0, 0.05) is 12.0 Å². The minimum Gasteiger partial charge on any atom is -0.508 e. The molecule has 5 heteroatoms. The van der Waals surface area contributed by atoms with Crippen molar-refractivity contribution in [2.75, 3.05) is 6.23 Å². The maximum atomic E-state index is 9.99. The van der Waals surface area contributed by atoms with Crippen LogP contribution in [0.4, 0.5) is 0 Å². The van der Waals surface area contributed by atoms with Gasteiger partial charge in [-0.3, -0.25) is 4.79 Å². The quantitative estimate of drug-likeness (QED) is 0.758. The topological polar surface area (TPSA) is 66.8 Å². The number of carbonyl (C=O) groups is 1. The highest BCUT2D eigenvalue weighted by Crippen LogP contribution is 2.33. The Bertz CT molecular complexity index is 763. The number of benzene rings is 2. The molecule has 2 aromatic rings. The van der Waals surface area contributed by atoms with Crippen LogP contribution in [0.1, 0.15) is 50.8 Å². The summed E-state index contributed by atoms with van der Waals surface area (Å²) in [6.45, 7) is 12.2. The first-order chi connectivity index (χ1) is 12.6. The van der Waals surface area contributed by atoms with E-state index in [0.717, 1.165) is 11.3 Å². The van der Waals surface area contributed by atoms with Crippen molar-refractivity contribution in [1.29, 1.82) is 0 Å². The monoisotopic (exact) mass is 386 g/mol. The molecule has 4 nitrogen and oxygen atoms in total. The predicted molar refractivity (Wildman–Crippen MR) is 112 cm³/mol. The average Bonchev–Trinajstić information content (AvgIpc) is 2.59. The molecule has 2 aromatic carbocycles. The molecule has 0 spiro atoms. The lowest BCUT2D eigenvalue weighted by atomic mass is 9.86. The Balaban J connectivity index is 0.000000646. The van der Waals surface area contributed by atoms with E-state index in [-0.39, 0.29) is 11.8 Å². The third-order valence-corrected chi connectivity index (χ3v) is 5.40. The highest BCUT2D eigenvalue weighted by molar-refractivity contribution is 6.54. The molecular weight excluding hydrogens is 356 g/mol. The van der Waals surface area contributed by atoms with Crippen molar-refractivity contribution in [1.82, 2.24) is 0 Å². The van der Waals surface area contributed by atoms with Crippen LogP contribution in [0.5, 0.6) is 11.5 Å². The summed E-state index contributed by atoms with van der Waals surface area (Å²) in [6.07, 6.45) is 0.888. The van der Waals surface area contributed by atoms with Crippen LogP contribution >= 0.6 is 0 Å². The summed E-state index contributed by atoms with van der Waals surface area (Å²) in [4.78, 5) is 9.37. The summed E-state index contributed by atoms with van der Waals surface area (Å²) in [7, 11) is 0.621. The molecule has 0 aliphatic heterocycles. The molecule has 0 unspecified atom stereocenters. The van der Waals surface area contributed by atoms with E-state index < -0.39 is 5.97 Å². The molecule has 2 N–H and O–H groups in total. The van der Waals surface area contributed by atoms with Gasteiger partial charge in [0.2, 0.25) is 0 Å². The lowest BCUT2D eigenvalue weighted by Crippen LogP contribution is -2.24. The molecule has 0 heterocycles. The molecule has 0 atom stereocenters. The van der Waals surface area contributed by atoms with E-state index in [4.69, 9.17) is 9.84 Å². The molecule has 0 fully saturated rings. The van der Waals surface area contributed by atoms with Gasteiger partial charge in [-0.15, -0.1) is 0 Å². The Morgan fingerprint density at radius 2 is 1.78 bits per heavy atom. The number of aliphatic carboxylic acids is 1. The highest BCUT2D eigenvalue weighted by Gasteiger charge is 2.18. The smallest absolute Gasteiger partial charge is 0.303 e. The molecule has 0 aromatic heterocycles. The Morgan fingerprint density at radius 3 is 2.33 bits per heavy atom. The number of phenols is 1. The zero-order valence-corrected chi connectivity index (χ0v) is 18.1. The molecular formula is C22H30O4Si. The SMILES string of the molecule is CCC(=O)O.Cc1cccc([Si]COc2ccc(O)c(C(C)(C)C)c2)c1C. The number of aromatic hydroxyl groups is 1. The van der Waals surface area contributed by atoms with Gasteiger partial charge in [-0.25, -0.2) is 0 Å². The first-order valence-corrected chi connectivity index (χ1v) is 10.2. The zero-order chi connectivity index (χ0) is 20.6. The van der Waals surface area contributed by atoms with Crippen LogP contribution in [-0.4, -0.2) is 31.9 Å². The van der Waals surface area contributed by atoms with Crippen molar-refractivity contribution in [2.24, 2.45) is 0 Å². The molecule has 0 saturated carbocycles. The molecule has 0 bridgehead atoms. The lowest BCUT2D eigenvalue weighted by molar-refractivity contribution is -0.136. The summed E-state index contributed by atoms with van der Waals surface area (Å²) in [5, 5.41) is 19.1. The van der Waals surface area contributed by atoms with Crippen LogP contribution in [0.15, 0.2) is 36.4 Å². The number of rotatable bonds is 5. The Labute approximate surface area is 165 Å². The average molecular weight is 387 g/mol. The van der Waals surface area contributed by atoms with Crippen molar-refractivity contribution in [3.05, 3.63) is 53.1 Å². The van der Waals surface area contributed by atoms with Crippen molar-refractivity contribution in [3.8, 4) is 11.5 Å². The molecule has 0 aliphatic rings. The molecule has 0 aliphatic carbocycles. The largest absolute Gasteiger partial charge is 0.508 e. The molecule has 146 valence electrons. The van der Waals surface area contributed by atoms with Gasteiger partial charge in [0.1, 0.15) is 21.0 Å². The van der Waals surface area contributed by atoms with Crippen molar-refractivity contribution < 1.29 is 19.7 Å². The Kier molecular flexibility index (Phi) is 8.57. The first kappa shape index (κ1) is 22.8. The predicted octanol–water partition coefficient (Wildman–Crippen LogP) is 4.15. The fraction of sp³-hybridized carbons (Fsp3) is 0.409. The number of hydrogen-bond donors (Lipinski definition) is 2. The minimum atomic E-state index is -0.745. The van der Waals surface area contributed by atoms with Crippen LogP contribution in [-0.2, 0) is 10.2 Å². The Hall–Kier alpha value is -2.27. The zero-order valence-electron chi connectivity index (χ0n) is 17.1. The van der Waals surface area contributed by atoms with E-state index in [9.17, 15) is 9.90 Å². The van der Waals surface area contributed by atoms with Crippen molar-refractivity contribution in [2.45, 2.75) is 53.4 Å². The summed E-state index contributed by atoms with van der Waals surface area (Å²) in [5.74, 6) is 0.405. The number of aryl methyl sites for hydroxylation is 1. The fourth-order valence-corrected chi connectivity index (χ4v) is 3.42. The second-order valence-corrected chi connectivity index (χ2v) is 8.57. The second-order valence-electron chi connectivity index (χ2n) is 7.39. The molecule has 2 radical (unpaired) electrons. The fourth-order valence-electron chi connectivity index (χ4n) is 2.35. The highest BCUT2D eigenvalue weighted by atomic mass is 28.2. The van der Waals surface area contributed by atoms with Gasteiger partial charge < -0.3 is 14.9 Å². The molecule has 27 heavy (non-hydrogen) atoms. The molecule has 0 saturated heterocycles. The van der Waals surface area contributed by atoms with Crippen molar-refractivity contribution >= 4 is 20.7 Å². The van der Waals surface area contributed by atoms with Crippen LogP contribution in [0.2, 0.25) is 0 Å². The number of carboxylic acids is 1. The number of hydrogen-bond acceptors (Lipinski definition) is 3. The van der Waals surface area contributed by atoms with Crippen molar-refractivity contribution in [3.63, 3.8) is 0 Å². The minimum absolute atomic E-state index is 0.0983.